The van der Waals surface area contributed by atoms with E-state index in [1.807, 2.05) is 24.3 Å². The van der Waals surface area contributed by atoms with E-state index in [0.717, 1.165) is 0 Å². The number of alkyl halides is 6. The molecular formula is C20H16F6NO5S3+. The molecule has 0 aromatic heterocycles. The van der Waals surface area contributed by atoms with Crippen molar-refractivity contribution in [1.29, 1.82) is 0 Å². The van der Waals surface area contributed by atoms with E-state index < -0.39 is 35.2 Å². The van der Waals surface area contributed by atoms with Gasteiger partial charge in [-0.15, -0.1) is 0 Å². The number of nitrogens with one attached hydrogen (secondary N) is 1. The second-order valence-corrected chi connectivity index (χ2v) is 12.0. The largest absolute Gasteiger partial charge is 0.512 e. The van der Waals surface area contributed by atoms with Crippen LogP contribution in [0.5, 0.6) is 5.75 Å². The predicted octanol–water partition coefficient (Wildman–Crippen LogP) is 4.76. The monoisotopic (exact) mass is 560 g/mol. The third kappa shape index (κ3) is 7.62. The minimum absolute atomic E-state index is 0.134. The predicted molar refractivity (Wildman–Crippen MR) is 116 cm³/mol. The summed E-state index contributed by atoms with van der Waals surface area (Å²) in [5, 5.41) is 9.48. The Morgan fingerprint density at radius 1 is 0.571 bits per heavy atom. The highest BCUT2D eigenvalue weighted by Crippen LogP contribution is 2.31. The van der Waals surface area contributed by atoms with Gasteiger partial charge < -0.3 is 5.11 Å². The lowest BCUT2D eigenvalue weighted by atomic mass is 10.3. The van der Waals surface area contributed by atoms with Crippen molar-refractivity contribution in [2.24, 2.45) is 0 Å². The van der Waals surface area contributed by atoms with Crippen molar-refractivity contribution in [3.05, 3.63) is 84.9 Å². The van der Waals surface area contributed by atoms with Crippen molar-refractivity contribution in [3.63, 3.8) is 0 Å². The van der Waals surface area contributed by atoms with Gasteiger partial charge in [0, 0.05) is 0 Å². The Labute approximate surface area is 199 Å². The molecular weight excluding hydrogens is 544 g/mol. The molecule has 0 spiro atoms. The van der Waals surface area contributed by atoms with Crippen molar-refractivity contribution in [1.82, 2.24) is 4.13 Å². The Morgan fingerprint density at radius 2 is 0.886 bits per heavy atom. The zero-order chi connectivity index (χ0) is 26.5. The summed E-state index contributed by atoms with van der Waals surface area (Å²) in [7, 11) is -13.3. The van der Waals surface area contributed by atoms with Gasteiger partial charge in [0.2, 0.25) is 0 Å². The molecule has 0 atom stereocenters. The van der Waals surface area contributed by atoms with Crippen molar-refractivity contribution >= 4 is 30.9 Å². The first-order valence-electron chi connectivity index (χ1n) is 9.10. The van der Waals surface area contributed by atoms with E-state index in [1.54, 1.807) is 12.1 Å². The van der Waals surface area contributed by atoms with E-state index in [4.69, 9.17) is 0 Å². The van der Waals surface area contributed by atoms with E-state index >= 15 is 0 Å². The minimum atomic E-state index is -6.60. The Hall–Kier alpha value is -2.75. The molecule has 0 heterocycles. The average Bonchev–Trinajstić information content (AvgIpc) is 2.75. The second kappa shape index (κ2) is 10.9. The Balaban J connectivity index is 0.000000260. The molecule has 0 aliphatic rings. The molecule has 15 heteroatoms. The maximum Gasteiger partial charge on any atom is 0.512 e. The van der Waals surface area contributed by atoms with Crippen LogP contribution in [0.2, 0.25) is 0 Å². The van der Waals surface area contributed by atoms with Gasteiger partial charge in [0.1, 0.15) is 5.75 Å². The summed E-state index contributed by atoms with van der Waals surface area (Å²) in [6.07, 6.45) is 0. The molecule has 0 fully saturated rings. The number of benzene rings is 3. The molecule has 0 amide bonds. The number of phenolic OH excluding ortho intramolecular Hbond substituents is 1. The van der Waals surface area contributed by atoms with Gasteiger partial charge in [0.25, 0.3) is 0 Å². The summed E-state index contributed by atoms with van der Waals surface area (Å²) >= 11 is 0. The van der Waals surface area contributed by atoms with E-state index in [2.05, 4.69) is 48.5 Å². The van der Waals surface area contributed by atoms with Crippen LogP contribution in [0.4, 0.5) is 26.3 Å². The molecule has 6 nitrogen and oxygen atoms in total. The molecule has 3 rings (SSSR count). The first-order chi connectivity index (χ1) is 16.1. The molecule has 3 aromatic carbocycles. The lowest BCUT2D eigenvalue weighted by molar-refractivity contribution is -0.0476. The number of phenols is 1. The van der Waals surface area contributed by atoms with Gasteiger partial charge in [-0.05, 0) is 48.5 Å². The molecule has 2 N–H and O–H groups in total. The Bertz CT molecular complexity index is 1230. The van der Waals surface area contributed by atoms with Gasteiger partial charge in [-0.2, -0.15) is 26.3 Å². The summed E-state index contributed by atoms with van der Waals surface area (Å²) in [5.74, 6) is 0.304. The molecule has 3 aromatic rings. The minimum Gasteiger partial charge on any atom is -0.508 e. The molecule has 0 radical (unpaired) electrons. The van der Waals surface area contributed by atoms with Gasteiger partial charge in [-0.25, -0.2) is 16.8 Å². The maximum absolute atomic E-state index is 11.5. The van der Waals surface area contributed by atoms with Crippen molar-refractivity contribution in [3.8, 4) is 5.75 Å². The zero-order valence-corrected chi connectivity index (χ0v) is 19.6. The third-order valence-corrected chi connectivity index (χ3v) is 9.06. The van der Waals surface area contributed by atoms with Crippen LogP contribution >= 0.6 is 0 Å². The summed E-state index contributed by atoms with van der Waals surface area (Å²) in [6.45, 7) is 0. The molecule has 0 saturated heterocycles. The Morgan fingerprint density at radius 3 is 1.20 bits per heavy atom. The van der Waals surface area contributed by atoms with Crippen LogP contribution in [-0.2, 0) is 30.9 Å². The summed E-state index contributed by atoms with van der Waals surface area (Å²) in [6, 6.07) is 28.5. The van der Waals surface area contributed by atoms with E-state index in [9.17, 15) is 48.3 Å². The van der Waals surface area contributed by atoms with Crippen LogP contribution in [0.25, 0.3) is 0 Å². The fraction of sp³-hybridized carbons (Fsp3) is 0.100. The third-order valence-electron chi connectivity index (χ3n) is 3.86. The van der Waals surface area contributed by atoms with Crippen LogP contribution < -0.4 is 4.13 Å². The normalized spacial score (nSPS) is 12.7. The highest BCUT2D eigenvalue weighted by atomic mass is 32.3. The van der Waals surface area contributed by atoms with Gasteiger partial charge in [0.15, 0.2) is 14.7 Å². The molecule has 0 unspecified atom stereocenters. The molecule has 190 valence electrons. The van der Waals surface area contributed by atoms with Crippen LogP contribution in [0.1, 0.15) is 0 Å². The Kier molecular flexibility index (Phi) is 8.86. The van der Waals surface area contributed by atoms with Crippen LogP contribution in [0, 0.1) is 0 Å². The summed E-state index contributed by atoms with van der Waals surface area (Å²) in [4.78, 5) is 3.77. The number of hydrogen-bond acceptors (Lipinski definition) is 5. The molecule has 0 bridgehead atoms. The first kappa shape index (κ1) is 28.5. The maximum atomic E-state index is 11.5. The van der Waals surface area contributed by atoms with Gasteiger partial charge >= 0.3 is 31.1 Å². The van der Waals surface area contributed by atoms with Crippen LogP contribution in [0.15, 0.2) is 99.6 Å². The number of aromatic hydroxyl groups is 1. The molecule has 0 aliphatic heterocycles. The topological polar surface area (TPSA) is 101 Å². The van der Waals surface area contributed by atoms with Crippen LogP contribution in [0.3, 0.4) is 0 Å². The van der Waals surface area contributed by atoms with Crippen molar-refractivity contribution < 1.29 is 48.3 Å². The number of rotatable bonds is 5. The van der Waals surface area contributed by atoms with Gasteiger partial charge in [0.05, 0.1) is 10.9 Å². The van der Waals surface area contributed by atoms with Gasteiger partial charge in [-0.3, -0.25) is 0 Å². The SMILES string of the molecule is O=S(=O)(NS(=O)(=O)C(F)(F)F)C(F)(F)F.Oc1ccc([S+](c2ccccc2)c2ccccc2)cc1. The lowest BCUT2D eigenvalue weighted by Gasteiger charge is -2.11. The molecule has 0 saturated carbocycles. The lowest BCUT2D eigenvalue weighted by Crippen LogP contribution is -2.45. The van der Waals surface area contributed by atoms with Crippen molar-refractivity contribution in [2.45, 2.75) is 25.7 Å². The van der Waals surface area contributed by atoms with Crippen molar-refractivity contribution in [2.75, 3.05) is 0 Å². The van der Waals surface area contributed by atoms with E-state index in [0.29, 0.717) is 5.75 Å². The highest BCUT2D eigenvalue weighted by Gasteiger charge is 2.55. The van der Waals surface area contributed by atoms with E-state index in [1.165, 1.54) is 14.7 Å². The fourth-order valence-electron chi connectivity index (χ4n) is 2.34. The zero-order valence-electron chi connectivity index (χ0n) is 17.2. The quantitative estimate of drug-likeness (QED) is 0.346. The fourth-order valence-corrected chi connectivity index (χ4v) is 6.34. The summed E-state index contributed by atoms with van der Waals surface area (Å²) in [5.41, 5.74) is -12.3. The highest BCUT2D eigenvalue weighted by molar-refractivity contribution is 8.05. The summed E-state index contributed by atoms with van der Waals surface area (Å²) < 4.78 is 108. The van der Waals surface area contributed by atoms with Gasteiger partial charge in [-0.1, -0.05) is 40.5 Å². The van der Waals surface area contributed by atoms with E-state index in [-0.39, 0.29) is 10.9 Å². The molecule has 0 aliphatic carbocycles. The second-order valence-electron chi connectivity index (χ2n) is 6.41. The number of sulfonamides is 2. The first-order valence-corrected chi connectivity index (χ1v) is 13.3. The average molecular weight is 561 g/mol. The number of halogens is 6. The standard InChI is InChI=1S/C18H14OS.C2HF6NO4S2/c19-15-11-13-18(14-12-15)20(16-7-3-1-4-8-16)17-9-5-2-6-10-17;3-1(4,5)14(10,11)9-15(12,13)2(6,7)8/h1-14H;9H/p+1. The van der Waals surface area contributed by atoms with Crippen LogP contribution in [-0.4, -0.2) is 33.0 Å². The smallest absolute Gasteiger partial charge is 0.508 e. The molecule has 35 heavy (non-hydrogen) atoms. The number of hydrogen-bond donors (Lipinski definition) is 2.